The maximum atomic E-state index is 11.2. The summed E-state index contributed by atoms with van der Waals surface area (Å²) in [4.78, 5) is 23.6. The second-order valence-corrected chi connectivity index (χ2v) is 5.30. The Morgan fingerprint density at radius 1 is 1.35 bits per heavy atom. The molecule has 1 aliphatic rings. The number of carboxylic acids is 1. The lowest BCUT2D eigenvalue weighted by Gasteiger charge is -2.41. The van der Waals surface area contributed by atoms with Crippen molar-refractivity contribution in [3.63, 3.8) is 0 Å². The van der Waals surface area contributed by atoms with Crippen molar-refractivity contribution in [1.82, 2.24) is 0 Å². The van der Waals surface area contributed by atoms with E-state index in [1.165, 1.54) is 12.1 Å². The molecule has 1 saturated heterocycles. The van der Waals surface area contributed by atoms with E-state index in [1.54, 1.807) is 6.07 Å². The third-order valence-electron chi connectivity index (χ3n) is 3.90. The first kappa shape index (κ1) is 14.3. The molecule has 1 aliphatic heterocycles. The minimum atomic E-state index is -1.27. The van der Waals surface area contributed by atoms with Gasteiger partial charge >= 0.3 is 5.97 Å². The minimum Gasteiger partial charge on any atom is -0.477 e. The van der Waals surface area contributed by atoms with Crippen LogP contribution in [0.2, 0.25) is 0 Å². The summed E-state index contributed by atoms with van der Waals surface area (Å²) < 4.78 is 0. The van der Waals surface area contributed by atoms with Crippen LogP contribution in [-0.2, 0) is 0 Å². The molecular formula is C14H18N2O4. The zero-order valence-electron chi connectivity index (χ0n) is 11.6. The molecule has 1 N–H and O–H groups in total. The summed E-state index contributed by atoms with van der Waals surface area (Å²) >= 11 is 0. The Hall–Kier alpha value is -2.11. The highest BCUT2D eigenvalue weighted by atomic mass is 16.6. The van der Waals surface area contributed by atoms with Crippen molar-refractivity contribution in [3.05, 3.63) is 33.9 Å². The summed E-state index contributed by atoms with van der Waals surface area (Å²) in [5.41, 5.74) is 0.128. The molecule has 6 heteroatoms. The van der Waals surface area contributed by atoms with E-state index in [9.17, 15) is 14.9 Å². The van der Waals surface area contributed by atoms with Crippen LogP contribution >= 0.6 is 0 Å². The predicted octanol–water partition coefficient (Wildman–Crippen LogP) is 3.06. The van der Waals surface area contributed by atoms with Crippen molar-refractivity contribution in [1.29, 1.82) is 0 Å². The van der Waals surface area contributed by atoms with Gasteiger partial charge in [0, 0.05) is 23.8 Å². The van der Waals surface area contributed by atoms with Crippen LogP contribution in [0.15, 0.2) is 18.2 Å². The maximum absolute atomic E-state index is 11.2. The van der Waals surface area contributed by atoms with E-state index in [0.29, 0.717) is 12.1 Å². The molecule has 108 valence electrons. The number of piperidine rings is 1. The summed E-state index contributed by atoms with van der Waals surface area (Å²) in [5, 5.41) is 20.0. The van der Waals surface area contributed by atoms with Crippen LogP contribution in [0.3, 0.4) is 0 Å². The van der Waals surface area contributed by atoms with Crippen molar-refractivity contribution >= 4 is 17.3 Å². The molecule has 6 nitrogen and oxygen atoms in total. The van der Waals surface area contributed by atoms with Gasteiger partial charge in [0.2, 0.25) is 0 Å². The van der Waals surface area contributed by atoms with E-state index in [-0.39, 0.29) is 11.3 Å². The second-order valence-electron chi connectivity index (χ2n) is 5.30. The number of nitro groups is 1. The van der Waals surface area contributed by atoms with Gasteiger partial charge in [-0.3, -0.25) is 10.1 Å². The van der Waals surface area contributed by atoms with Crippen molar-refractivity contribution < 1.29 is 14.8 Å². The van der Waals surface area contributed by atoms with E-state index in [4.69, 9.17) is 5.11 Å². The molecule has 1 heterocycles. The number of benzene rings is 1. The third-order valence-corrected chi connectivity index (χ3v) is 3.90. The summed E-state index contributed by atoms with van der Waals surface area (Å²) in [6.45, 7) is 4.19. The van der Waals surface area contributed by atoms with Gasteiger partial charge in [-0.15, -0.1) is 0 Å². The van der Waals surface area contributed by atoms with Gasteiger partial charge in [-0.1, -0.05) is 0 Å². The Bertz CT molecular complexity index is 534. The molecule has 1 fully saturated rings. The Labute approximate surface area is 117 Å². The Balaban J connectivity index is 2.45. The lowest BCUT2D eigenvalue weighted by atomic mass is 9.96. The summed E-state index contributed by atoms with van der Waals surface area (Å²) in [6, 6.07) is 4.96. The van der Waals surface area contributed by atoms with Gasteiger partial charge in [-0.25, -0.2) is 4.79 Å². The first-order chi connectivity index (χ1) is 9.41. The van der Waals surface area contributed by atoms with E-state index in [0.717, 1.165) is 24.9 Å². The normalized spacial score (nSPS) is 22.6. The molecule has 0 aromatic heterocycles. The Kier molecular flexibility index (Phi) is 3.92. The largest absolute Gasteiger partial charge is 0.477 e. The first-order valence-electron chi connectivity index (χ1n) is 6.72. The number of nitro benzene ring substituents is 1. The number of nitrogens with zero attached hydrogens (tertiary/aromatic N) is 2. The number of rotatable bonds is 3. The molecule has 2 rings (SSSR count). The highest BCUT2D eigenvalue weighted by molar-refractivity contribution is 5.93. The number of aromatic carboxylic acids is 1. The van der Waals surface area contributed by atoms with Crippen LogP contribution in [0.4, 0.5) is 11.4 Å². The molecule has 0 amide bonds. The highest BCUT2D eigenvalue weighted by Crippen LogP contribution is 2.32. The van der Waals surface area contributed by atoms with Gasteiger partial charge in [-0.05, 0) is 45.2 Å². The van der Waals surface area contributed by atoms with E-state index in [1.807, 2.05) is 0 Å². The summed E-state index contributed by atoms with van der Waals surface area (Å²) in [5.74, 6) is -1.27. The van der Waals surface area contributed by atoms with Crippen LogP contribution < -0.4 is 4.90 Å². The van der Waals surface area contributed by atoms with Crippen molar-refractivity contribution in [2.24, 2.45) is 0 Å². The fourth-order valence-electron chi connectivity index (χ4n) is 2.95. The molecule has 0 radical (unpaired) electrons. The SMILES string of the molecule is CC1CCCC(C)N1c1ccc([N+](=O)[O-])c(C(=O)O)c1. The van der Waals surface area contributed by atoms with Crippen LogP contribution in [0, 0.1) is 10.1 Å². The number of carboxylic acid groups (broad SMARTS) is 1. The molecule has 0 bridgehead atoms. The van der Waals surface area contributed by atoms with E-state index >= 15 is 0 Å². The maximum Gasteiger partial charge on any atom is 0.342 e. The van der Waals surface area contributed by atoms with Crippen LogP contribution in [0.25, 0.3) is 0 Å². The number of carbonyl (C=O) groups is 1. The number of anilines is 1. The Morgan fingerprint density at radius 3 is 2.45 bits per heavy atom. The van der Waals surface area contributed by atoms with Gasteiger partial charge < -0.3 is 10.0 Å². The van der Waals surface area contributed by atoms with E-state index in [2.05, 4.69) is 18.7 Å². The quantitative estimate of drug-likeness (QED) is 0.678. The molecule has 20 heavy (non-hydrogen) atoms. The zero-order valence-corrected chi connectivity index (χ0v) is 11.6. The topological polar surface area (TPSA) is 83.7 Å². The van der Waals surface area contributed by atoms with E-state index < -0.39 is 10.9 Å². The second kappa shape index (κ2) is 5.48. The van der Waals surface area contributed by atoms with Crippen molar-refractivity contribution in [2.75, 3.05) is 4.90 Å². The highest BCUT2D eigenvalue weighted by Gasteiger charge is 2.27. The molecule has 2 unspecified atom stereocenters. The molecule has 2 atom stereocenters. The molecule has 0 aliphatic carbocycles. The average Bonchev–Trinajstić information content (AvgIpc) is 2.38. The third kappa shape index (κ3) is 2.59. The van der Waals surface area contributed by atoms with Crippen LogP contribution in [0.5, 0.6) is 0 Å². The van der Waals surface area contributed by atoms with Crippen molar-refractivity contribution in [2.45, 2.75) is 45.2 Å². The first-order valence-corrected chi connectivity index (χ1v) is 6.72. The van der Waals surface area contributed by atoms with Gasteiger partial charge in [-0.2, -0.15) is 0 Å². The molecule has 0 spiro atoms. The number of hydrogen-bond acceptors (Lipinski definition) is 4. The Morgan fingerprint density at radius 2 is 1.95 bits per heavy atom. The smallest absolute Gasteiger partial charge is 0.342 e. The van der Waals surface area contributed by atoms with Crippen LogP contribution in [0.1, 0.15) is 43.5 Å². The lowest BCUT2D eigenvalue weighted by Crippen LogP contribution is -2.43. The van der Waals surface area contributed by atoms with Gasteiger partial charge in [0.15, 0.2) is 0 Å². The molecule has 1 aromatic rings. The average molecular weight is 278 g/mol. The molecular weight excluding hydrogens is 260 g/mol. The summed E-state index contributed by atoms with van der Waals surface area (Å²) in [7, 11) is 0. The lowest BCUT2D eigenvalue weighted by molar-refractivity contribution is -0.385. The van der Waals surface area contributed by atoms with Crippen molar-refractivity contribution in [3.8, 4) is 0 Å². The van der Waals surface area contributed by atoms with Gasteiger partial charge in [0.1, 0.15) is 5.56 Å². The van der Waals surface area contributed by atoms with Crippen LogP contribution in [-0.4, -0.2) is 28.1 Å². The monoisotopic (exact) mass is 278 g/mol. The van der Waals surface area contributed by atoms with Gasteiger partial charge in [0.25, 0.3) is 5.69 Å². The predicted molar refractivity (Wildman–Crippen MR) is 75.3 cm³/mol. The minimum absolute atomic E-state index is 0.252. The standard InChI is InChI=1S/C14H18N2O4/c1-9-4-3-5-10(2)15(9)11-6-7-13(16(19)20)12(8-11)14(17)18/h6-10H,3-5H2,1-2H3,(H,17,18). The fourth-order valence-corrected chi connectivity index (χ4v) is 2.95. The number of hydrogen-bond donors (Lipinski definition) is 1. The summed E-state index contributed by atoms with van der Waals surface area (Å²) in [6.07, 6.45) is 3.24. The fraction of sp³-hybridized carbons (Fsp3) is 0.500. The van der Waals surface area contributed by atoms with Gasteiger partial charge in [0.05, 0.1) is 4.92 Å². The zero-order chi connectivity index (χ0) is 14.9. The molecule has 1 aromatic carbocycles. The molecule has 0 saturated carbocycles.